The molecular weight excluding hydrogens is 328 g/mol. The first-order valence-corrected chi connectivity index (χ1v) is 9.50. The van der Waals surface area contributed by atoms with Crippen molar-refractivity contribution in [1.29, 1.82) is 0 Å². The van der Waals surface area contributed by atoms with Gasteiger partial charge in [-0.25, -0.2) is 4.99 Å². The predicted octanol–water partition coefficient (Wildman–Crippen LogP) is 1.59. The largest absolute Gasteiger partial charge is 0.396 e. The monoisotopic (exact) mass is 362 g/mol. The van der Waals surface area contributed by atoms with E-state index in [0.717, 1.165) is 45.0 Å². The zero-order valence-electron chi connectivity index (χ0n) is 16.4. The van der Waals surface area contributed by atoms with Crippen molar-refractivity contribution in [3.05, 3.63) is 35.4 Å². The summed E-state index contributed by atoms with van der Waals surface area (Å²) in [5, 5.41) is 16.1. The molecule has 1 aromatic rings. The van der Waals surface area contributed by atoms with E-state index in [9.17, 15) is 5.11 Å². The van der Waals surface area contributed by atoms with Crippen LogP contribution >= 0.6 is 0 Å². The van der Waals surface area contributed by atoms with Gasteiger partial charge in [0.2, 0.25) is 0 Å². The lowest BCUT2D eigenvalue weighted by molar-refractivity contribution is 0.127. The third-order valence-corrected chi connectivity index (χ3v) is 4.71. The fourth-order valence-electron chi connectivity index (χ4n) is 3.29. The maximum Gasteiger partial charge on any atom is 0.191 e. The summed E-state index contributed by atoms with van der Waals surface area (Å²) in [6, 6.07) is 8.57. The summed E-state index contributed by atoms with van der Waals surface area (Å²) < 4.78 is 5.56. The highest BCUT2D eigenvalue weighted by Crippen LogP contribution is 2.31. The minimum Gasteiger partial charge on any atom is -0.396 e. The average Bonchev–Trinajstić information content (AvgIpc) is 3.06. The Labute approximate surface area is 157 Å². The number of aliphatic hydroxyl groups is 1. The molecule has 6 nitrogen and oxygen atoms in total. The molecule has 2 rings (SSSR count). The van der Waals surface area contributed by atoms with Crippen LogP contribution in [-0.4, -0.2) is 63.0 Å². The molecule has 0 aromatic heterocycles. The summed E-state index contributed by atoms with van der Waals surface area (Å²) in [6.45, 7) is 6.88. The van der Waals surface area contributed by atoms with Gasteiger partial charge >= 0.3 is 0 Å². The summed E-state index contributed by atoms with van der Waals surface area (Å²) >= 11 is 0. The van der Waals surface area contributed by atoms with Crippen LogP contribution in [0.3, 0.4) is 0 Å². The summed E-state index contributed by atoms with van der Waals surface area (Å²) in [5.41, 5.74) is 2.51. The smallest absolute Gasteiger partial charge is 0.191 e. The molecule has 1 atom stereocenters. The van der Waals surface area contributed by atoms with Gasteiger partial charge < -0.3 is 25.4 Å². The predicted molar refractivity (Wildman–Crippen MR) is 106 cm³/mol. The fourth-order valence-corrected chi connectivity index (χ4v) is 3.29. The minimum absolute atomic E-state index is 0.0105. The Kier molecular flexibility index (Phi) is 8.35. The first-order chi connectivity index (χ1) is 12.6. The number of ether oxygens (including phenoxy) is 1. The van der Waals surface area contributed by atoms with Crippen LogP contribution in [0.15, 0.2) is 29.3 Å². The Morgan fingerprint density at radius 3 is 2.77 bits per heavy atom. The van der Waals surface area contributed by atoms with Gasteiger partial charge in [0.25, 0.3) is 0 Å². The zero-order chi connectivity index (χ0) is 18.8. The lowest BCUT2D eigenvalue weighted by Gasteiger charge is -2.27. The minimum atomic E-state index is 0.0105. The van der Waals surface area contributed by atoms with Crippen LogP contribution in [0.5, 0.6) is 0 Å². The van der Waals surface area contributed by atoms with E-state index in [1.807, 2.05) is 0 Å². The van der Waals surface area contributed by atoms with E-state index in [4.69, 9.17) is 9.73 Å². The zero-order valence-corrected chi connectivity index (χ0v) is 16.4. The Morgan fingerprint density at radius 2 is 2.12 bits per heavy atom. The quantitative estimate of drug-likeness (QED) is 0.460. The number of guanidine groups is 1. The van der Waals surface area contributed by atoms with E-state index in [1.165, 1.54) is 11.1 Å². The van der Waals surface area contributed by atoms with Crippen molar-refractivity contribution in [2.75, 3.05) is 47.0 Å². The molecule has 1 unspecified atom stereocenters. The highest BCUT2D eigenvalue weighted by molar-refractivity contribution is 5.79. The van der Waals surface area contributed by atoms with Gasteiger partial charge in [-0.1, -0.05) is 24.3 Å². The van der Waals surface area contributed by atoms with Crippen molar-refractivity contribution in [2.45, 2.75) is 32.9 Å². The van der Waals surface area contributed by atoms with Gasteiger partial charge in [0, 0.05) is 38.3 Å². The number of hydrogen-bond acceptors (Lipinski definition) is 4. The molecule has 0 bridgehead atoms. The van der Waals surface area contributed by atoms with E-state index >= 15 is 0 Å². The molecule has 0 radical (unpaired) electrons. The number of nitrogens with zero attached hydrogens (tertiary/aromatic N) is 2. The van der Waals surface area contributed by atoms with Crippen molar-refractivity contribution < 1.29 is 9.84 Å². The van der Waals surface area contributed by atoms with Crippen molar-refractivity contribution in [1.82, 2.24) is 15.5 Å². The number of benzene rings is 1. The second-order valence-electron chi connectivity index (χ2n) is 7.38. The molecular formula is C20H34N4O2. The topological polar surface area (TPSA) is 69.1 Å². The molecule has 6 heteroatoms. The maximum absolute atomic E-state index is 9.37. The Balaban J connectivity index is 1.97. The van der Waals surface area contributed by atoms with Crippen molar-refractivity contribution in [2.24, 2.45) is 10.4 Å². The molecule has 0 amide bonds. The molecule has 1 fully saturated rings. The van der Waals surface area contributed by atoms with E-state index in [-0.39, 0.29) is 12.0 Å². The van der Waals surface area contributed by atoms with Gasteiger partial charge in [-0.3, -0.25) is 0 Å². The molecule has 0 spiro atoms. The highest BCUT2D eigenvalue weighted by atomic mass is 16.5. The molecule has 26 heavy (non-hydrogen) atoms. The second-order valence-corrected chi connectivity index (χ2v) is 7.38. The molecule has 1 aliphatic heterocycles. The van der Waals surface area contributed by atoms with Crippen LogP contribution in [-0.2, 0) is 17.8 Å². The maximum atomic E-state index is 9.37. The van der Waals surface area contributed by atoms with Gasteiger partial charge in [0.05, 0.1) is 13.2 Å². The van der Waals surface area contributed by atoms with Gasteiger partial charge in [-0.15, -0.1) is 0 Å². The van der Waals surface area contributed by atoms with Crippen molar-refractivity contribution in [3.8, 4) is 0 Å². The summed E-state index contributed by atoms with van der Waals surface area (Å²) in [4.78, 5) is 6.90. The number of aliphatic hydroxyl groups excluding tert-OH is 1. The summed E-state index contributed by atoms with van der Waals surface area (Å²) in [7, 11) is 4.15. The second kappa shape index (κ2) is 10.5. The SMILES string of the molecule is CCNC(=NCc1cccc(CN(C)C)c1)NCC1(CCO)CCOC1. The lowest BCUT2D eigenvalue weighted by atomic mass is 9.84. The van der Waals surface area contributed by atoms with Gasteiger partial charge in [-0.05, 0) is 45.0 Å². The molecule has 1 heterocycles. The fraction of sp³-hybridized carbons (Fsp3) is 0.650. The van der Waals surface area contributed by atoms with E-state index in [0.29, 0.717) is 13.2 Å². The molecule has 0 aliphatic carbocycles. The molecule has 1 saturated heterocycles. The van der Waals surface area contributed by atoms with Crippen molar-refractivity contribution >= 4 is 5.96 Å². The van der Waals surface area contributed by atoms with Crippen LogP contribution in [0, 0.1) is 5.41 Å². The van der Waals surface area contributed by atoms with E-state index in [1.54, 1.807) is 0 Å². The van der Waals surface area contributed by atoms with Crippen molar-refractivity contribution in [3.63, 3.8) is 0 Å². The third kappa shape index (κ3) is 6.59. The van der Waals surface area contributed by atoms with E-state index in [2.05, 4.69) is 60.8 Å². The molecule has 0 saturated carbocycles. The van der Waals surface area contributed by atoms with Gasteiger partial charge in [-0.2, -0.15) is 0 Å². The van der Waals surface area contributed by atoms with Crippen LogP contribution in [0.25, 0.3) is 0 Å². The Bertz CT molecular complexity index is 569. The van der Waals surface area contributed by atoms with Gasteiger partial charge in [0.15, 0.2) is 5.96 Å². The average molecular weight is 363 g/mol. The third-order valence-electron chi connectivity index (χ3n) is 4.71. The van der Waals surface area contributed by atoms with Crippen LogP contribution in [0.2, 0.25) is 0 Å². The number of rotatable bonds is 9. The number of aliphatic imine (C=N–C) groups is 1. The number of hydrogen-bond donors (Lipinski definition) is 3. The Hall–Kier alpha value is -1.63. The molecule has 1 aromatic carbocycles. The van der Waals surface area contributed by atoms with Crippen LogP contribution < -0.4 is 10.6 Å². The standard InChI is InChI=1S/C20H34N4O2/c1-4-21-19(23-15-20(8-10-25)9-11-26-16-20)22-13-17-6-5-7-18(12-17)14-24(2)3/h5-7,12,25H,4,8-11,13-16H2,1-3H3,(H2,21,22,23). The first-order valence-electron chi connectivity index (χ1n) is 9.50. The first kappa shape index (κ1) is 20.7. The number of nitrogens with one attached hydrogen (secondary N) is 2. The summed E-state index contributed by atoms with van der Waals surface area (Å²) in [6.07, 6.45) is 1.73. The molecule has 146 valence electrons. The summed E-state index contributed by atoms with van der Waals surface area (Å²) in [5.74, 6) is 0.815. The normalized spacial score (nSPS) is 20.6. The Morgan fingerprint density at radius 1 is 1.31 bits per heavy atom. The highest BCUT2D eigenvalue weighted by Gasteiger charge is 2.34. The van der Waals surface area contributed by atoms with Crippen LogP contribution in [0.4, 0.5) is 0 Å². The van der Waals surface area contributed by atoms with E-state index < -0.39 is 0 Å². The van der Waals surface area contributed by atoms with Gasteiger partial charge in [0.1, 0.15) is 0 Å². The molecule has 3 N–H and O–H groups in total. The molecule has 1 aliphatic rings. The lowest BCUT2D eigenvalue weighted by Crippen LogP contribution is -2.44. The van der Waals surface area contributed by atoms with Crippen LogP contribution in [0.1, 0.15) is 30.9 Å².